The fourth-order valence-electron chi connectivity index (χ4n) is 6.20. The third-order valence-corrected chi connectivity index (χ3v) is 13.0. The first-order valence-corrected chi connectivity index (χ1v) is 32.5. The Kier molecular flexibility index (Phi) is 23.5. The Bertz CT molecular complexity index is 3430. The van der Waals surface area contributed by atoms with Gasteiger partial charge >= 0.3 is 0 Å². The second-order valence-corrected chi connectivity index (χ2v) is 24.9. The van der Waals surface area contributed by atoms with Gasteiger partial charge in [0.2, 0.25) is 121 Å². The lowest BCUT2D eigenvalue weighted by atomic mass is 9.96. The molecule has 15 atom stereocenters. The van der Waals surface area contributed by atoms with Crippen molar-refractivity contribution in [1.82, 2.24) is 0 Å². The molecular weight excluding hydrogens is 1370 g/mol. The van der Waals surface area contributed by atoms with E-state index < -0.39 is 226 Å². The Morgan fingerprint density at radius 1 is 0.253 bits per heavy atom. The first-order chi connectivity index (χ1) is 35.0. The second kappa shape index (κ2) is 25.9. The standard InChI is InChI=1S/C18H32O50S11/c19-69(20,21)52-1-4-7(58-17-14(65-76(40,41)42)12(63-74(34,35)36)9(60-68-79(49,50)51)6(56-17)3-54-71(25,26)27)10(61-72(28,29)30)13(64-75(37,38)39)16(55-4)59-8-5(2-53-70(22,23)24)57-18(67-78(46,47)48)15(66-77(43,44)45)11(8)62-73(31,32)33/h4-18H,1-3H2,(H,19,20,21)(H,22,23,24)(H,25,26,27)(H,28,29,30)(H,31,32,33)(H,34,35,36)(H,37,38,39)(H,40,41,42)(H,43,44,45)(H,46,47,48)(H,49,50,51)/p-11/t4-,5+,6-,7+,8+,9+,10-,11-,12-,13-,14-,15-,16+,17+,18+/m0/s1. The summed E-state index contributed by atoms with van der Waals surface area (Å²) < 4.78 is 456. The molecule has 3 fully saturated rings. The predicted molar refractivity (Wildman–Crippen MR) is 197 cm³/mol. The van der Waals surface area contributed by atoms with Gasteiger partial charge in [0, 0.05) is 0 Å². The minimum atomic E-state index is -6.94. The molecule has 0 aromatic carbocycles. The molecule has 0 radical (unpaired) electrons. The highest BCUT2D eigenvalue weighted by molar-refractivity contribution is 7.83. The summed E-state index contributed by atoms with van der Waals surface area (Å²) in [6.07, 6.45) is -55.0. The van der Waals surface area contributed by atoms with Crippen LogP contribution in [0.15, 0.2) is 0 Å². The summed E-state index contributed by atoms with van der Waals surface area (Å²) in [5.41, 5.74) is 0. The number of hydrogen-bond donors (Lipinski definition) is 0. The van der Waals surface area contributed by atoms with Crippen LogP contribution in [0.2, 0.25) is 0 Å². The molecule has 0 aromatic rings. The average Bonchev–Trinajstić information content (AvgIpc) is 3.16. The maximum atomic E-state index is 12.3. The highest BCUT2D eigenvalue weighted by Crippen LogP contribution is 2.40. The highest BCUT2D eigenvalue weighted by Gasteiger charge is 2.60. The fraction of sp³-hybridized carbons (Fsp3) is 1.00. The topological polar surface area (TPSA) is 786 Å². The van der Waals surface area contributed by atoms with Gasteiger partial charge in [0.25, 0.3) is 0 Å². The summed E-state index contributed by atoms with van der Waals surface area (Å²) in [5, 5.41) is 0. The van der Waals surface area contributed by atoms with Crippen molar-refractivity contribution in [2.45, 2.75) is 92.1 Å². The van der Waals surface area contributed by atoms with Gasteiger partial charge in [-0.15, -0.1) is 4.33 Å². The molecule has 3 heterocycles. The Balaban J connectivity index is 2.54. The van der Waals surface area contributed by atoms with Crippen LogP contribution in [0.25, 0.3) is 0 Å². The van der Waals surface area contributed by atoms with Crippen LogP contribution in [0.5, 0.6) is 0 Å². The van der Waals surface area contributed by atoms with E-state index in [1.165, 1.54) is 0 Å². The van der Waals surface area contributed by atoms with Gasteiger partial charge in [0.05, 0.1) is 19.8 Å². The van der Waals surface area contributed by atoms with Gasteiger partial charge in [0.15, 0.2) is 37.0 Å². The smallest absolute Gasteiger partial charge is 0.245 e. The van der Waals surface area contributed by atoms with Gasteiger partial charge < -0.3 is 73.8 Å². The van der Waals surface area contributed by atoms with Gasteiger partial charge in [-0.2, -0.15) is 0 Å². The van der Waals surface area contributed by atoms with E-state index in [0.29, 0.717) is 0 Å². The molecule has 3 aliphatic heterocycles. The molecule has 0 bridgehead atoms. The Labute approximate surface area is 441 Å². The molecule has 3 aliphatic rings. The zero-order valence-electron chi connectivity index (χ0n) is 35.7. The zero-order chi connectivity index (χ0) is 61.3. The minimum absolute atomic E-state index is 2.24. The Morgan fingerprint density at radius 2 is 0.481 bits per heavy atom. The van der Waals surface area contributed by atoms with Gasteiger partial charge in [-0.25, -0.2) is 102 Å². The van der Waals surface area contributed by atoms with Crippen molar-refractivity contribution >= 4 is 114 Å². The van der Waals surface area contributed by atoms with Crippen molar-refractivity contribution in [3.8, 4) is 0 Å². The highest BCUT2D eigenvalue weighted by atomic mass is 32.3. The van der Waals surface area contributed by atoms with E-state index in [0.717, 1.165) is 0 Å². The van der Waals surface area contributed by atoms with Crippen molar-refractivity contribution in [3.63, 3.8) is 0 Å². The SMILES string of the molecule is O=S(=O)([O-])OC[C@@H]1O[C@H](O[C@H]2[C@H](OS(=O)(=O)[O-])[C@H](OS(=O)(=O)[O-])[C@@H](O[C@H]3[C@H](OS(=O)(=O)[O-])[C@H](OS(=O)(=O)[O-])[C@@H](OS(=O)(=O)[O-])O[C@@H]3COS(=O)(=O)[O-])O[C@H]2COS(=O)(=O)[O-])[C@@H](OS(=O)(=O)[O-])[C@@H](OS(=O)(=O)[O-])[C@@H]1OOS(=O)(=O)[O-]. The van der Waals surface area contributed by atoms with Gasteiger partial charge in [-0.1, -0.05) is 0 Å². The van der Waals surface area contributed by atoms with Crippen molar-refractivity contribution in [1.29, 1.82) is 0 Å². The molecule has 3 saturated heterocycles. The second-order valence-electron chi connectivity index (χ2n) is 13.8. The van der Waals surface area contributed by atoms with Crippen LogP contribution in [0.4, 0.5) is 0 Å². The molecule has 3 rings (SSSR count). The Morgan fingerprint density at radius 3 is 0.734 bits per heavy atom. The molecule has 0 saturated carbocycles. The van der Waals surface area contributed by atoms with Crippen LogP contribution in [0.1, 0.15) is 0 Å². The quantitative estimate of drug-likeness (QED) is 0.0279. The first-order valence-electron chi connectivity index (χ1n) is 17.8. The van der Waals surface area contributed by atoms with E-state index in [1.54, 1.807) is 0 Å². The van der Waals surface area contributed by atoms with Crippen LogP contribution in [0.3, 0.4) is 0 Å². The third kappa shape index (κ3) is 26.8. The molecule has 470 valence electrons. The lowest BCUT2D eigenvalue weighted by Crippen LogP contribution is -2.69. The maximum absolute atomic E-state index is 12.3. The Hall–Kier alpha value is -1.67. The minimum Gasteiger partial charge on any atom is -0.726 e. The van der Waals surface area contributed by atoms with E-state index in [9.17, 15) is 143 Å². The van der Waals surface area contributed by atoms with E-state index in [2.05, 4.69) is 55.8 Å². The summed E-state index contributed by atoms with van der Waals surface area (Å²) in [5.74, 6) is 0. The van der Waals surface area contributed by atoms with Crippen molar-refractivity contribution in [2.75, 3.05) is 19.8 Å². The summed E-state index contributed by atoms with van der Waals surface area (Å²) in [7, 11) is -72.5. The zero-order valence-corrected chi connectivity index (χ0v) is 44.7. The fourth-order valence-corrected chi connectivity index (χ4v) is 10.6. The first kappa shape index (κ1) is 71.6. The molecule has 50 nitrogen and oxygen atoms in total. The van der Waals surface area contributed by atoms with E-state index in [4.69, 9.17) is 18.9 Å². The van der Waals surface area contributed by atoms with Crippen molar-refractivity contribution in [3.05, 3.63) is 0 Å². The van der Waals surface area contributed by atoms with Crippen LogP contribution >= 0.6 is 0 Å². The molecule has 79 heavy (non-hydrogen) atoms. The largest absolute Gasteiger partial charge is 0.726 e. The number of hydrogen-bond acceptors (Lipinski definition) is 50. The normalized spacial score (nSPS) is 31.7. The lowest BCUT2D eigenvalue weighted by molar-refractivity contribution is -0.383. The molecule has 0 spiro atoms. The summed E-state index contributed by atoms with van der Waals surface area (Å²) >= 11 is 0. The van der Waals surface area contributed by atoms with E-state index in [-0.39, 0.29) is 0 Å². The molecule has 0 amide bonds. The average molecular weight is 1390 g/mol. The van der Waals surface area contributed by atoms with Crippen molar-refractivity contribution in [2.24, 2.45) is 0 Å². The lowest BCUT2D eigenvalue weighted by Gasteiger charge is -2.51. The van der Waals surface area contributed by atoms with Gasteiger partial charge in [-0.3, -0.25) is 37.6 Å². The van der Waals surface area contributed by atoms with E-state index >= 15 is 0 Å². The molecule has 0 aliphatic carbocycles. The maximum Gasteiger partial charge on any atom is 0.245 e. The number of ether oxygens (including phenoxy) is 5. The van der Waals surface area contributed by atoms with Gasteiger partial charge in [-0.05, 0) is 0 Å². The molecule has 0 aromatic heterocycles. The van der Waals surface area contributed by atoms with E-state index in [1.807, 2.05) is 0 Å². The van der Waals surface area contributed by atoms with Crippen molar-refractivity contribution < 1.29 is 217 Å². The third-order valence-electron chi connectivity index (χ3n) is 8.31. The number of rotatable bonds is 30. The van der Waals surface area contributed by atoms with Gasteiger partial charge in [0.1, 0.15) is 48.8 Å². The molecular formula is C18H21O50S11-11. The molecule has 61 heteroatoms. The summed E-state index contributed by atoms with van der Waals surface area (Å²) in [4.78, 5) is 4.01. The molecule has 0 N–H and O–H groups in total. The summed E-state index contributed by atoms with van der Waals surface area (Å²) in [6, 6.07) is 0. The van der Waals surface area contributed by atoms with Crippen LogP contribution in [-0.2, 0) is 189 Å². The van der Waals surface area contributed by atoms with Crippen LogP contribution < -0.4 is 0 Å². The predicted octanol–water partition coefficient (Wildman–Crippen LogP) is -13.3. The van der Waals surface area contributed by atoms with Crippen LogP contribution in [-0.4, -0.2) is 255 Å². The summed E-state index contributed by atoms with van der Waals surface area (Å²) in [6.45, 7) is -6.96. The van der Waals surface area contributed by atoms with Crippen LogP contribution in [0, 0.1) is 0 Å². The molecule has 0 unspecified atom stereocenters. The monoisotopic (exact) mass is 1390 g/mol.